The van der Waals surface area contributed by atoms with Gasteiger partial charge in [0, 0.05) is 18.4 Å². The first kappa shape index (κ1) is 14.4. The Morgan fingerprint density at radius 3 is 2.58 bits per heavy atom. The van der Waals surface area contributed by atoms with E-state index in [9.17, 15) is 10.2 Å². The Balaban J connectivity index is 2.28. The molecule has 1 aromatic rings. The van der Waals surface area contributed by atoms with Crippen LogP contribution in [0.3, 0.4) is 0 Å². The lowest BCUT2D eigenvalue weighted by Crippen LogP contribution is -2.46. The van der Waals surface area contributed by atoms with Crippen molar-refractivity contribution in [2.75, 3.05) is 13.7 Å². The summed E-state index contributed by atoms with van der Waals surface area (Å²) >= 11 is 0. The average Bonchev–Trinajstić information content (AvgIpc) is 2.47. The molecule has 2 rings (SSSR count). The molecule has 3 unspecified atom stereocenters. The van der Waals surface area contributed by atoms with Gasteiger partial charge in [-0.25, -0.2) is 0 Å². The normalized spacial score (nSPS) is 28.9. The van der Waals surface area contributed by atoms with Crippen LogP contribution in [-0.4, -0.2) is 29.5 Å². The lowest BCUT2D eigenvalue weighted by atomic mass is 9.66. The van der Waals surface area contributed by atoms with Crippen LogP contribution in [0.25, 0.3) is 0 Å². The molecule has 0 spiro atoms. The number of rotatable bonds is 4. The number of hydrogen-bond acceptors (Lipinski definition) is 3. The zero-order valence-electron chi connectivity index (χ0n) is 11.8. The molecular formula is C16H24O3. The van der Waals surface area contributed by atoms with Gasteiger partial charge in [0.1, 0.15) is 5.75 Å². The van der Waals surface area contributed by atoms with Gasteiger partial charge in [-0.2, -0.15) is 0 Å². The first-order valence-electron chi connectivity index (χ1n) is 7.09. The third kappa shape index (κ3) is 2.77. The van der Waals surface area contributed by atoms with E-state index in [1.165, 1.54) is 0 Å². The second kappa shape index (κ2) is 5.93. The summed E-state index contributed by atoms with van der Waals surface area (Å²) in [6, 6.07) is 7.94. The Morgan fingerprint density at radius 1 is 1.32 bits per heavy atom. The largest absolute Gasteiger partial charge is 0.497 e. The molecule has 1 fully saturated rings. The number of aliphatic hydroxyl groups excluding tert-OH is 1. The van der Waals surface area contributed by atoms with Crippen molar-refractivity contribution in [2.24, 2.45) is 5.92 Å². The van der Waals surface area contributed by atoms with Gasteiger partial charge in [-0.1, -0.05) is 31.9 Å². The molecule has 1 aromatic carbocycles. The Labute approximate surface area is 115 Å². The van der Waals surface area contributed by atoms with E-state index in [0.29, 0.717) is 0 Å². The fourth-order valence-electron chi connectivity index (χ4n) is 3.22. The van der Waals surface area contributed by atoms with Gasteiger partial charge >= 0.3 is 0 Å². The Kier molecular flexibility index (Phi) is 4.48. The number of methoxy groups -OCH3 is 1. The molecule has 0 saturated heterocycles. The van der Waals surface area contributed by atoms with Crippen LogP contribution in [0.15, 0.2) is 24.3 Å². The summed E-state index contributed by atoms with van der Waals surface area (Å²) in [5.41, 5.74) is 0.352. The van der Waals surface area contributed by atoms with Crippen LogP contribution >= 0.6 is 0 Å². The SMILES string of the molecule is COc1ccc(C2CCCCC2(O)C(C)CO)cc1. The number of aliphatic hydroxyl groups is 2. The molecule has 1 aliphatic carbocycles. The Bertz CT molecular complexity index is 401. The summed E-state index contributed by atoms with van der Waals surface area (Å²) in [5, 5.41) is 20.4. The second-order valence-corrected chi connectivity index (χ2v) is 5.65. The molecule has 3 atom stereocenters. The van der Waals surface area contributed by atoms with Gasteiger partial charge in [0.15, 0.2) is 0 Å². The van der Waals surface area contributed by atoms with Crippen molar-refractivity contribution < 1.29 is 14.9 Å². The predicted molar refractivity (Wildman–Crippen MR) is 75.4 cm³/mol. The summed E-state index contributed by atoms with van der Waals surface area (Å²) < 4.78 is 5.17. The van der Waals surface area contributed by atoms with E-state index in [4.69, 9.17) is 4.74 Å². The van der Waals surface area contributed by atoms with E-state index in [1.54, 1.807) is 7.11 Å². The van der Waals surface area contributed by atoms with Crippen molar-refractivity contribution in [3.8, 4) is 5.75 Å². The summed E-state index contributed by atoms with van der Waals surface area (Å²) in [5.74, 6) is 0.840. The maximum absolute atomic E-state index is 11.0. The van der Waals surface area contributed by atoms with Gasteiger partial charge in [-0.15, -0.1) is 0 Å². The van der Waals surface area contributed by atoms with Gasteiger partial charge < -0.3 is 14.9 Å². The number of hydrogen-bond donors (Lipinski definition) is 2. The standard InChI is InChI=1S/C16H24O3/c1-12(11-17)16(18)10-4-3-5-15(16)13-6-8-14(19-2)9-7-13/h6-9,12,15,17-18H,3-5,10-11H2,1-2H3. The van der Waals surface area contributed by atoms with Crippen molar-refractivity contribution in [3.05, 3.63) is 29.8 Å². The van der Waals surface area contributed by atoms with Gasteiger partial charge in [-0.05, 0) is 30.5 Å². The van der Waals surface area contributed by atoms with Crippen LogP contribution in [0, 0.1) is 5.92 Å². The van der Waals surface area contributed by atoms with Crippen LogP contribution in [0.5, 0.6) is 5.75 Å². The summed E-state index contributed by atoms with van der Waals surface area (Å²) in [7, 11) is 1.65. The van der Waals surface area contributed by atoms with E-state index in [-0.39, 0.29) is 18.4 Å². The van der Waals surface area contributed by atoms with Gasteiger partial charge in [0.2, 0.25) is 0 Å². The molecule has 3 heteroatoms. The average molecular weight is 264 g/mol. The molecule has 106 valence electrons. The molecule has 0 aromatic heterocycles. The van der Waals surface area contributed by atoms with Crippen molar-refractivity contribution in [2.45, 2.75) is 44.1 Å². The highest BCUT2D eigenvalue weighted by Crippen LogP contribution is 2.45. The minimum absolute atomic E-state index is 0.0309. The van der Waals surface area contributed by atoms with Crippen LogP contribution in [-0.2, 0) is 0 Å². The number of benzene rings is 1. The molecule has 1 aliphatic rings. The third-order valence-electron chi connectivity index (χ3n) is 4.57. The molecule has 0 bridgehead atoms. The second-order valence-electron chi connectivity index (χ2n) is 5.65. The first-order chi connectivity index (χ1) is 9.11. The Morgan fingerprint density at radius 2 is 2.00 bits per heavy atom. The zero-order valence-corrected chi connectivity index (χ0v) is 11.8. The highest BCUT2D eigenvalue weighted by atomic mass is 16.5. The number of ether oxygens (including phenoxy) is 1. The lowest BCUT2D eigenvalue weighted by Gasteiger charge is -2.44. The van der Waals surface area contributed by atoms with Crippen LogP contribution in [0.1, 0.15) is 44.1 Å². The third-order valence-corrected chi connectivity index (χ3v) is 4.57. The lowest BCUT2D eigenvalue weighted by molar-refractivity contribution is -0.0765. The van der Waals surface area contributed by atoms with Gasteiger partial charge in [0.05, 0.1) is 12.7 Å². The van der Waals surface area contributed by atoms with E-state index in [2.05, 4.69) is 0 Å². The van der Waals surface area contributed by atoms with E-state index in [0.717, 1.165) is 37.0 Å². The smallest absolute Gasteiger partial charge is 0.118 e. The molecule has 19 heavy (non-hydrogen) atoms. The molecular weight excluding hydrogens is 240 g/mol. The van der Waals surface area contributed by atoms with Gasteiger partial charge in [0.25, 0.3) is 0 Å². The predicted octanol–water partition coefficient (Wildman–Crippen LogP) is 2.71. The van der Waals surface area contributed by atoms with Crippen molar-refractivity contribution in [3.63, 3.8) is 0 Å². The minimum Gasteiger partial charge on any atom is -0.497 e. The van der Waals surface area contributed by atoms with Crippen molar-refractivity contribution in [1.82, 2.24) is 0 Å². The molecule has 1 saturated carbocycles. The van der Waals surface area contributed by atoms with E-state index >= 15 is 0 Å². The summed E-state index contributed by atoms with van der Waals surface area (Å²) in [6.07, 6.45) is 3.92. The highest BCUT2D eigenvalue weighted by Gasteiger charge is 2.43. The molecule has 2 N–H and O–H groups in total. The Hall–Kier alpha value is -1.06. The molecule has 3 nitrogen and oxygen atoms in total. The van der Waals surface area contributed by atoms with E-state index < -0.39 is 5.60 Å². The fourth-order valence-corrected chi connectivity index (χ4v) is 3.22. The maximum atomic E-state index is 11.0. The fraction of sp³-hybridized carbons (Fsp3) is 0.625. The monoisotopic (exact) mass is 264 g/mol. The zero-order chi connectivity index (χ0) is 13.9. The maximum Gasteiger partial charge on any atom is 0.118 e. The topological polar surface area (TPSA) is 49.7 Å². The summed E-state index contributed by atoms with van der Waals surface area (Å²) in [6.45, 7) is 1.96. The van der Waals surface area contributed by atoms with Crippen LogP contribution in [0.4, 0.5) is 0 Å². The first-order valence-corrected chi connectivity index (χ1v) is 7.09. The van der Waals surface area contributed by atoms with E-state index in [1.807, 2.05) is 31.2 Å². The molecule has 0 aliphatic heterocycles. The van der Waals surface area contributed by atoms with Crippen molar-refractivity contribution >= 4 is 0 Å². The quantitative estimate of drug-likeness (QED) is 0.879. The minimum atomic E-state index is -0.790. The molecule has 0 radical (unpaired) electrons. The highest BCUT2D eigenvalue weighted by molar-refractivity contribution is 5.31. The molecule has 0 amide bonds. The van der Waals surface area contributed by atoms with Gasteiger partial charge in [-0.3, -0.25) is 0 Å². The van der Waals surface area contributed by atoms with Crippen LogP contribution in [0.2, 0.25) is 0 Å². The summed E-state index contributed by atoms with van der Waals surface area (Å²) in [4.78, 5) is 0. The molecule has 0 heterocycles. The van der Waals surface area contributed by atoms with Crippen LogP contribution < -0.4 is 4.74 Å². The van der Waals surface area contributed by atoms with Crippen molar-refractivity contribution in [1.29, 1.82) is 0 Å².